The Morgan fingerprint density at radius 3 is 2.87 bits per heavy atom. The number of carbonyl (C=O) groups is 1. The number of nitrogen functional groups attached to an aromatic ring is 1. The van der Waals surface area contributed by atoms with Crippen LogP contribution in [-0.4, -0.2) is 16.9 Å². The van der Waals surface area contributed by atoms with E-state index in [9.17, 15) is 4.79 Å². The highest BCUT2D eigenvalue weighted by Gasteiger charge is 2.13. The number of nitrogens with one attached hydrogen (secondary N) is 1. The van der Waals surface area contributed by atoms with E-state index in [1.54, 1.807) is 5.38 Å². The smallest absolute Gasteiger partial charge is 0.271 e. The first-order valence-corrected chi connectivity index (χ1v) is 6.07. The highest BCUT2D eigenvalue weighted by molar-refractivity contribution is 7.13. The van der Waals surface area contributed by atoms with Crippen molar-refractivity contribution in [2.75, 3.05) is 5.73 Å². The molecule has 4 nitrogen and oxygen atoms in total. The second-order valence-electron chi connectivity index (χ2n) is 3.44. The SMILES string of the molecule is CCCC(CC)NC(=O)c1csc(N)n1. The Labute approximate surface area is 93.9 Å². The fraction of sp³-hybridized carbons (Fsp3) is 0.600. The first kappa shape index (κ1) is 12.0. The first-order valence-electron chi connectivity index (χ1n) is 5.19. The molecule has 0 aromatic carbocycles. The van der Waals surface area contributed by atoms with Gasteiger partial charge in [-0.15, -0.1) is 11.3 Å². The van der Waals surface area contributed by atoms with Gasteiger partial charge in [-0.05, 0) is 12.8 Å². The van der Waals surface area contributed by atoms with Crippen molar-refractivity contribution < 1.29 is 4.79 Å². The van der Waals surface area contributed by atoms with Crippen LogP contribution in [0.4, 0.5) is 5.13 Å². The Bertz CT molecular complexity index is 324. The van der Waals surface area contributed by atoms with Crippen molar-refractivity contribution in [1.82, 2.24) is 10.3 Å². The Morgan fingerprint density at radius 1 is 1.67 bits per heavy atom. The van der Waals surface area contributed by atoms with Gasteiger partial charge in [0, 0.05) is 11.4 Å². The molecule has 5 heteroatoms. The number of amides is 1. The van der Waals surface area contributed by atoms with Crippen LogP contribution in [-0.2, 0) is 0 Å². The summed E-state index contributed by atoms with van der Waals surface area (Å²) in [7, 11) is 0. The minimum absolute atomic E-state index is 0.122. The molecule has 0 radical (unpaired) electrons. The fourth-order valence-corrected chi connectivity index (χ4v) is 1.92. The van der Waals surface area contributed by atoms with Crippen LogP contribution in [0, 0.1) is 0 Å². The average molecular weight is 227 g/mol. The van der Waals surface area contributed by atoms with Crippen molar-refractivity contribution >= 4 is 22.4 Å². The molecule has 0 saturated heterocycles. The molecule has 0 aliphatic rings. The molecule has 0 aliphatic carbocycles. The monoisotopic (exact) mass is 227 g/mol. The van der Waals surface area contributed by atoms with Gasteiger partial charge in [0.15, 0.2) is 5.13 Å². The number of anilines is 1. The molecule has 84 valence electrons. The molecule has 0 spiro atoms. The Balaban J connectivity index is 2.54. The third-order valence-electron chi connectivity index (χ3n) is 2.22. The lowest BCUT2D eigenvalue weighted by Gasteiger charge is -2.14. The van der Waals surface area contributed by atoms with Crippen molar-refractivity contribution in [3.8, 4) is 0 Å². The molecule has 0 fully saturated rings. The number of hydrogen-bond donors (Lipinski definition) is 2. The van der Waals surface area contributed by atoms with E-state index in [0.29, 0.717) is 10.8 Å². The summed E-state index contributed by atoms with van der Waals surface area (Å²) in [5, 5.41) is 5.06. The van der Waals surface area contributed by atoms with Crippen molar-refractivity contribution in [2.45, 2.75) is 39.2 Å². The van der Waals surface area contributed by atoms with Crippen LogP contribution >= 0.6 is 11.3 Å². The third kappa shape index (κ3) is 3.51. The molecule has 1 rings (SSSR count). The lowest BCUT2D eigenvalue weighted by Crippen LogP contribution is -2.34. The Hall–Kier alpha value is -1.10. The average Bonchev–Trinajstić information content (AvgIpc) is 2.64. The summed E-state index contributed by atoms with van der Waals surface area (Å²) >= 11 is 1.29. The van der Waals surface area contributed by atoms with E-state index in [0.717, 1.165) is 19.3 Å². The maximum absolute atomic E-state index is 11.7. The van der Waals surface area contributed by atoms with E-state index in [2.05, 4.69) is 24.1 Å². The number of nitrogens with zero attached hydrogens (tertiary/aromatic N) is 1. The number of nitrogens with two attached hydrogens (primary N) is 1. The summed E-state index contributed by atoms with van der Waals surface area (Å²) in [6.07, 6.45) is 3.01. The maximum atomic E-state index is 11.7. The molecular weight excluding hydrogens is 210 g/mol. The van der Waals surface area contributed by atoms with Crippen LogP contribution in [0.1, 0.15) is 43.6 Å². The standard InChI is InChI=1S/C10H17N3OS/c1-3-5-7(4-2)12-9(14)8-6-15-10(11)13-8/h6-7H,3-5H2,1-2H3,(H2,11,13)(H,12,14). The predicted molar refractivity (Wildman–Crippen MR) is 63.0 cm³/mol. The molecule has 1 atom stereocenters. The summed E-state index contributed by atoms with van der Waals surface area (Å²) < 4.78 is 0. The molecule has 1 aromatic rings. The number of hydrogen-bond acceptors (Lipinski definition) is 4. The Kier molecular flexibility index (Phi) is 4.55. The van der Waals surface area contributed by atoms with Gasteiger partial charge >= 0.3 is 0 Å². The minimum Gasteiger partial charge on any atom is -0.375 e. The van der Waals surface area contributed by atoms with Crippen LogP contribution in [0.15, 0.2) is 5.38 Å². The largest absolute Gasteiger partial charge is 0.375 e. The molecule has 1 unspecified atom stereocenters. The van der Waals surface area contributed by atoms with E-state index in [-0.39, 0.29) is 11.9 Å². The van der Waals surface area contributed by atoms with Gasteiger partial charge in [0.1, 0.15) is 5.69 Å². The van der Waals surface area contributed by atoms with Gasteiger partial charge in [-0.2, -0.15) is 0 Å². The molecule has 0 aliphatic heterocycles. The van der Waals surface area contributed by atoms with Gasteiger partial charge in [0.2, 0.25) is 0 Å². The summed E-state index contributed by atoms with van der Waals surface area (Å²) in [5.74, 6) is -0.122. The lowest BCUT2D eigenvalue weighted by atomic mass is 10.1. The van der Waals surface area contributed by atoms with Crippen LogP contribution in [0.3, 0.4) is 0 Å². The second kappa shape index (κ2) is 5.70. The summed E-state index contributed by atoms with van der Waals surface area (Å²) in [4.78, 5) is 15.6. The van der Waals surface area contributed by atoms with Gasteiger partial charge in [-0.25, -0.2) is 4.98 Å². The molecule has 1 aromatic heterocycles. The quantitative estimate of drug-likeness (QED) is 0.808. The highest BCUT2D eigenvalue weighted by atomic mass is 32.1. The van der Waals surface area contributed by atoms with Gasteiger partial charge in [-0.3, -0.25) is 4.79 Å². The number of aromatic nitrogens is 1. The second-order valence-corrected chi connectivity index (χ2v) is 4.33. The molecule has 1 heterocycles. The molecule has 3 N–H and O–H groups in total. The third-order valence-corrected chi connectivity index (χ3v) is 2.89. The van der Waals surface area contributed by atoms with Crippen LogP contribution < -0.4 is 11.1 Å². The lowest BCUT2D eigenvalue weighted by molar-refractivity contribution is 0.0929. The number of thiazole rings is 1. The maximum Gasteiger partial charge on any atom is 0.271 e. The summed E-state index contributed by atoms with van der Waals surface area (Å²) in [6.45, 7) is 4.17. The molecule has 0 saturated carbocycles. The van der Waals surface area contributed by atoms with Gasteiger partial charge in [0.25, 0.3) is 5.91 Å². The normalized spacial score (nSPS) is 12.4. The molecular formula is C10H17N3OS. The van der Waals surface area contributed by atoms with Gasteiger partial charge < -0.3 is 11.1 Å². The van der Waals surface area contributed by atoms with E-state index < -0.39 is 0 Å². The topological polar surface area (TPSA) is 68.0 Å². The van der Waals surface area contributed by atoms with Crippen molar-refractivity contribution in [1.29, 1.82) is 0 Å². The van der Waals surface area contributed by atoms with Crippen LogP contribution in [0.5, 0.6) is 0 Å². The molecule has 15 heavy (non-hydrogen) atoms. The van der Waals surface area contributed by atoms with Gasteiger partial charge in [0.05, 0.1) is 0 Å². The van der Waals surface area contributed by atoms with Crippen molar-refractivity contribution in [2.24, 2.45) is 0 Å². The number of carbonyl (C=O) groups excluding carboxylic acids is 1. The Morgan fingerprint density at radius 2 is 2.40 bits per heavy atom. The zero-order chi connectivity index (χ0) is 11.3. The van der Waals surface area contributed by atoms with Crippen molar-refractivity contribution in [3.05, 3.63) is 11.1 Å². The van der Waals surface area contributed by atoms with E-state index >= 15 is 0 Å². The highest BCUT2D eigenvalue weighted by Crippen LogP contribution is 2.11. The van der Waals surface area contributed by atoms with Crippen LogP contribution in [0.2, 0.25) is 0 Å². The number of rotatable bonds is 5. The minimum atomic E-state index is -0.122. The van der Waals surface area contributed by atoms with Crippen molar-refractivity contribution in [3.63, 3.8) is 0 Å². The fourth-order valence-electron chi connectivity index (χ4n) is 1.38. The first-order chi connectivity index (χ1) is 7.17. The van der Waals surface area contributed by atoms with Gasteiger partial charge in [-0.1, -0.05) is 20.3 Å². The zero-order valence-electron chi connectivity index (χ0n) is 9.12. The summed E-state index contributed by atoms with van der Waals surface area (Å²) in [6, 6.07) is 0.241. The summed E-state index contributed by atoms with van der Waals surface area (Å²) in [5.41, 5.74) is 5.89. The van der Waals surface area contributed by atoms with Crippen LogP contribution in [0.25, 0.3) is 0 Å². The predicted octanol–water partition coefficient (Wildman–Crippen LogP) is 2.03. The van der Waals surface area contributed by atoms with E-state index in [1.807, 2.05) is 0 Å². The van der Waals surface area contributed by atoms with E-state index in [1.165, 1.54) is 11.3 Å². The molecule has 1 amide bonds. The zero-order valence-corrected chi connectivity index (χ0v) is 9.93. The molecule has 0 bridgehead atoms. The van der Waals surface area contributed by atoms with E-state index in [4.69, 9.17) is 5.73 Å².